The minimum atomic E-state index is -0.180. The first kappa shape index (κ1) is 21.2. The highest BCUT2D eigenvalue weighted by Crippen LogP contribution is 2.20. The molecule has 1 aliphatic rings. The minimum absolute atomic E-state index is 0.0518. The monoisotopic (exact) mass is 420 g/mol. The third kappa shape index (κ3) is 5.58. The molecule has 1 unspecified atom stereocenters. The standard InChI is InChI=1S/C25H29FN4O/c1-19-27-12-14-30(19)16-21-10-8-20(9-11-21)15-28-25(31)23-6-4-13-29(18-23)17-22-5-2-3-7-24(22)26/h2-3,5,7-12,14,23H,4,6,13,15-18H2,1H3,(H,28,31). The van der Waals surface area contributed by atoms with Gasteiger partial charge in [-0.2, -0.15) is 0 Å². The van der Waals surface area contributed by atoms with Gasteiger partial charge in [-0.05, 0) is 43.5 Å². The van der Waals surface area contributed by atoms with Gasteiger partial charge in [-0.15, -0.1) is 0 Å². The fourth-order valence-electron chi connectivity index (χ4n) is 4.14. The predicted molar refractivity (Wildman–Crippen MR) is 119 cm³/mol. The molecule has 0 spiro atoms. The van der Waals surface area contributed by atoms with E-state index in [4.69, 9.17) is 0 Å². The van der Waals surface area contributed by atoms with E-state index in [0.29, 0.717) is 25.2 Å². The molecule has 162 valence electrons. The smallest absolute Gasteiger partial charge is 0.224 e. The molecule has 1 saturated heterocycles. The number of benzene rings is 2. The van der Waals surface area contributed by atoms with E-state index in [9.17, 15) is 9.18 Å². The molecular formula is C25H29FN4O. The van der Waals surface area contributed by atoms with Gasteiger partial charge < -0.3 is 9.88 Å². The molecule has 0 saturated carbocycles. The second kappa shape index (κ2) is 9.88. The first-order valence-electron chi connectivity index (χ1n) is 10.9. The molecular weight excluding hydrogens is 391 g/mol. The summed E-state index contributed by atoms with van der Waals surface area (Å²) in [5, 5.41) is 3.08. The second-order valence-electron chi connectivity index (χ2n) is 8.30. The third-order valence-electron chi connectivity index (χ3n) is 5.99. The Hall–Kier alpha value is -2.99. The summed E-state index contributed by atoms with van der Waals surface area (Å²) < 4.78 is 16.1. The van der Waals surface area contributed by atoms with Crippen LogP contribution in [0.2, 0.25) is 0 Å². The Morgan fingerprint density at radius 1 is 1.13 bits per heavy atom. The van der Waals surface area contributed by atoms with Crippen molar-refractivity contribution in [1.29, 1.82) is 0 Å². The number of nitrogens with zero attached hydrogens (tertiary/aromatic N) is 3. The van der Waals surface area contributed by atoms with E-state index in [2.05, 4.69) is 44.0 Å². The van der Waals surface area contributed by atoms with Crippen molar-refractivity contribution in [2.45, 2.75) is 39.4 Å². The summed E-state index contributed by atoms with van der Waals surface area (Å²) in [4.78, 5) is 19.2. The van der Waals surface area contributed by atoms with E-state index in [-0.39, 0.29) is 17.6 Å². The zero-order valence-electron chi connectivity index (χ0n) is 17.9. The van der Waals surface area contributed by atoms with Crippen LogP contribution in [-0.4, -0.2) is 33.4 Å². The van der Waals surface area contributed by atoms with Gasteiger partial charge in [0.1, 0.15) is 11.6 Å². The highest BCUT2D eigenvalue weighted by atomic mass is 19.1. The number of hydrogen-bond acceptors (Lipinski definition) is 3. The van der Waals surface area contributed by atoms with Gasteiger partial charge in [0, 0.05) is 44.1 Å². The van der Waals surface area contributed by atoms with Crippen molar-refractivity contribution < 1.29 is 9.18 Å². The largest absolute Gasteiger partial charge is 0.352 e. The number of likely N-dealkylation sites (tertiary alicyclic amines) is 1. The molecule has 5 nitrogen and oxygen atoms in total. The number of aromatic nitrogens is 2. The summed E-state index contributed by atoms with van der Waals surface area (Å²) in [5.41, 5.74) is 2.97. The first-order valence-corrected chi connectivity index (χ1v) is 10.9. The van der Waals surface area contributed by atoms with Crippen LogP contribution in [0.5, 0.6) is 0 Å². The topological polar surface area (TPSA) is 50.2 Å². The first-order chi connectivity index (χ1) is 15.1. The summed E-state index contributed by atoms with van der Waals surface area (Å²) in [7, 11) is 0. The number of rotatable bonds is 7. The van der Waals surface area contributed by atoms with Crippen molar-refractivity contribution in [3.63, 3.8) is 0 Å². The van der Waals surface area contributed by atoms with E-state index in [1.165, 1.54) is 11.6 Å². The van der Waals surface area contributed by atoms with E-state index in [0.717, 1.165) is 37.3 Å². The fourth-order valence-corrected chi connectivity index (χ4v) is 4.14. The van der Waals surface area contributed by atoms with E-state index < -0.39 is 0 Å². The molecule has 6 heteroatoms. The van der Waals surface area contributed by atoms with Crippen molar-refractivity contribution in [2.24, 2.45) is 5.92 Å². The van der Waals surface area contributed by atoms with Crippen LogP contribution in [0.15, 0.2) is 60.9 Å². The second-order valence-corrected chi connectivity index (χ2v) is 8.30. The quantitative estimate of drug-likeness (QED) is 0.631. The molecule has 3 aromatic rings. The number of nitrogens with one attached hydrogen (secondary N) is 1. The number of halogens is 1. The molecule has 31 heavy (non-hydrogen) atoms. The van der Waals surface area contributed by atoms with Gasteiger partial charge in [0.05, 0.1) is 5.92 Å². The lowest BCUT2D eigenvalue weighted by atomic mass is 9.96. The molecule has 0 bridgehead atoms. The van der Waals surface area contributed by atoms with Crippen molar-refractivity contribution in [1.82, 2.24) is 19.8 Å². The highest BCUT2D eigenvalue weighted by molar-refractivity contribution is 5.79. The number of carbonyl (C=O) groups excluding carboxylic acids is 1. The number of hydrogen-bond donors (Lipinski definition) is 1. The number of carbonyl (C=O) groups is 1. The lowest BCUT2D eigenvalue weighted by Gasteiger charge is -2.32. The molecule has 0 aliphatic carbocycles. The summed E-state index contributed by atoms with van der Waals surface area (Å²) in [6.45, 7) is 5.42. The molecule has 1 atom stereocenters. The van der Waals surface area contributed by atoms with E-state index >= 15 is 0 Å². The number of aryl methyl sites for hydroxylation is 1. The molecule has 1 N–H and O–H groups in total. The van der Waals surface area contributed by atoms with Gasteiger partial charge in [0.25, 0.3) is 0 Å². The Bertz CT molecular complexity index is 1010. The van der Waals surface area contributed by atoms with Crippen LogP contribution < -0.4 is 5.32 Å². The summed E-state index contributed by atoms with van der Waals surface area (Å²) in [6, 6.07) is 15.2. The van der Waals surface area contributed by atoms with Crippen LogP contribution >= 0.6 is 0 Å². The SMILES string of the molecule is Cc1nccn1Cc1ccc(CNC(=O)C2CCCN(Cc3ccccc3F)C2)cc1. The zero-order valence-corrected chi connectivity index (χ0v) is 17.9. The Morgan fingerprint density at radius 3 is 2.65 bits per heavy atom. The number of imidazole rings is 1. The van der Waals surface area contributed by atoms with Crippen LogP contribution in [-0.2, 0) is 24.4 Å². The Balaban J connectivity index is 1.27. The van der Waals surface area contributed by atoms with E-state index in [1.54, 1.807) is 6.07 Å². The van der Waals surface area contributed by atoms with Crippen LogP contribution in [0.1, 0.15) is 35.4 Å². The Labute approximate surface area is 182 Å². The molecule has 1 amide bonds. The Morgan fingerprint density at radius 2 is 1.90 bits per heavy atom. The summed E-state index contributed by atoms with van der Waals surface area (Å²) in [5.74, 6) is 0.842. The highest BCUT2D eigenvalue weighted by Gasteiger charge is 2.26. The molecule has 4 rings (SSSR count). The lowest BCUT2D eigenvalue weighted by Crippen LogP contribution is -2.42. The van der Waals surface area contributed by atoms with Gasteiger partial charge >= 0.3 is 0 Å². The van der Waals surface area contributed by atoms with E-state index in [1.807, 2.05) is 31.5 Å². The zero-order chi connectivity index (χ0) is 21.6. The number of amides is 1. The van der Waals surface area contributed by atoms with Gasteiger partial charge in [-0.1, -0.05) is 42.5 Å². The van der Waals surface area contributed by atoms with Crippen LogP contribution in [0.25, 0.3) is 0 Å². The molecule has 2 heterocycles. The predicted octanol–water partition coefficient (Wildman–Crippen LogP) is 3.91. The lowest BCUT2D eigenvalue weighted by molar-refractivity contribution is -0.126. The third-order valence-corrected chi connectivity index (χ3v) is 5.99. The molecule has 0 radical (unpaired) electrons. The Kier molecular flexibility index (Phi) is 6.77. The summed E-state index contributed by atoms with van der Waals surface area (Å²) >= 11 is 0. The van der Waals surface area contributed by atoms with Gasteiger partial charge in [0.15, 0.2) is 0 Å². The maximum absolute atomic E-state index is 14.0. The van der Waals surface area contributed by atoms with Gasteiger partial charge in [-0.25, -0.2) is 9.37 Å². The summed E-state index contributed by atoms with van der Waals surface area (Å²) in [6.07, 6.45) is 5.61. The fraction of sp³-hybridized carbons (Fsp3) is 0.360. The average Bonchev–Trinajstić information content (AvgIpc) is 3.19. The maximum Gasteiger partial charge on any atom is 0.224 e. The van der Waals surface area contributed by atoms with Crippen molar-refractivity contribution >= 4 is 5.91 Å². The van der Waals surface area contributed by atoms with Crippen LogP contribution in [0.4, 0.5) is 4.39 Å². The van der Waals surface area contributed by atoms with Crippen LogP contribution in [0, 0.1) is 18.7 Å². The molecule has 1 fully saturated rings. The number of piperidine rings is 1. The van der Waals surface area contributed by atoms with Crippen LogP contribution in [0.3, 0.4) is 0 Å². The van der Waals surface area contributed by atoms with Gasteiger partial charge in [0.2, 0.25) is 5.91 Å². The van der Waals surface area contributed by atoms with Crippen molar-refractivity contribution in [3.05, 3.63) is 89.3 Å². The molecule has 1 aromatic heterocycles. The average molecular weight is 421 g/mol. The molecule has 1 aliphatic heterocycles. The molecule has 2 aromatic carbocycles. The minimum Gasteiger partial charge on any atom is -0.352 e. The van der Waals surface area contributed by atoms with Crippen molar-refractivity contribution in [2.75, 3.05) is 13.1 Å². The van der Waals surface area contributed by atoms with Gasteiger partial charge in [-0.3, -0.25) is 9.69 Å². The maximum atomic E-state index is 14.0. The normalized spacial score (nSPS) is 16.9. The van der Waals surface area contributed by atoms with Crippen molar-refractivity contribution in [3.8, 4) is 0 Å².